The Morgan fingerprint density at radius 3 is 1.11 bits per heavy atom. The lowest BCUT2D eigenvalue weighted by atomic mass is 10.0. The van der Waals surface area contributed by atoms with E-state index in [4.69, 9.17) is 4.74 Å². The third-order valence-electron chi connectivity index (χ3n) is 14.3. The Kier molecular flexibility index (Phi) is 58.5. The maximum absolute atomic E-state index is 12.5. The molecule has 6 heteroatoms. The maximum Gasteiger partial charge on any atom is 0.305 e. The van der Waals surface area contributed by atoms with Crippen molar-refractivity contribution in [3.05, 3.63) is 48.6 Å². The average molecular weight is 997 g/mol. The summed E-state index contributed by atoms with van der Waals surface area (Å²) in [4.78, 5) is 24.6. The van der Waals surface area contributed by atoms with Crippen LogP contribution < -0.4 is 5.32 Å². The molecule has 0 aromatic rings. The number of esters is 1. The lowest BCUT2D eigenvalue weighted by molar-refractivity contribution is -0.143. The molecule has 0 radical (unpaired) electrons. The van der Waals surface area contributed by atoms with E-state index in [2.05, 4.69) is 55.6 Å². The van der Waals surface area contributed by atoms with E-state index < -0.39 is 12.1 Å². The van der Waals surface area contributed by atoms with Crippen LogP contribution in [0.25, 0.3) is 0 Å². The van der Waals surface area contributed by atoms with E-state index in [9.17, 15) is 19.8 Å². The number of aliphatic hydroxyl groups is 2. The highest BCUT2D eigenvalue weighted by Crippen LogP contribution is 2.17. The van der Waals surface area contributed by atoms with E-state index in [1.165, 1.54) is 218 Å². The fourth-order valence-electron chi connectivity index (χ4n) is 9.48. The second-order valence-electron chi connectivity index (χ2n) is 21.4. The first-order valence-corrected chi connectivity index (χ1v) is 31.4. The van der Waals surface area contributed by atoms with E-state index in [1.54, 1.807) is 6.08 Å². The number of carbonyl (C=O) groups is 2. The Morgan fingerprint density at radius 1 is 0.394 bits per heavy atom. The highest BCUT2D eigenvalue weighted by molar-refractivity contribution is 5.76. The van der Waals surface area contributed by atoms with Crippen molar-refractivity contribution in [3.63, 3.8) is 0 Å². The molecule has 0 bridgehead atoms. The van der Waals surface area contributed by atoms with Crippen LogP contribution in [0.5, 0.6) is 0 Å². The Bertz CT molecular complexity index is 1190. The molecule has 0 saturated carbocycles. The summed E-state index contributed by atoms with van der Waals surface area (Å²) in [6.45, 7) is 4.85. The van der Waals surface area contributed by atoms with Crippen LogP contribution in [0.3, 0.4) is 0 Å². The molecule has 0 fully saturated rings. The van der Waals surface area contributed by atoms with Gasteiger partial charge in [0.15, 0.2) is 0 Å². The van der Waals surface area contributed by atoms with E-state index in [1.807, 2.05) is 6.08 Å². The third-order valence-corrected chi connectivity index (χ3v) is 14.3. The van der Waals surface area contributed by atoms with E-state index in [0.29, 0.717) is 19.4 Å². The summed E-state index contributed by atoms with van der Waals surface area (Å²) >= 11 is 0. The number of unbranched alkanes of at least 4 members (excludes halogenated alkanes) is 41. The summed E-state index contributed by atoms with van der Waals surface area (Å²) in [6.07, 6.45) is 77.2. The fraction of sp³-hybridized carbons (Fsp3) is 0.846. The van der Waals surface area contributed by atoms with Crippen LogP contribution in [0.2, 0.25) is 0 Å². The summed E-state index contributed by atoms with van der Waals surface area (Å²) < 4.78 is 5.46. The number of rotatable bonds is 58. The molecule has 0 heterocycles. The van der Waals surface area contributed by atoms with Crippen molar-refractivity contribution in [2.24, 2.45) is 0 Å². The molecule has 3 N–H and O–H groups in total. The van der Waals surface area contributed by atoms with E-state index in [-0.39, 0.29) is 18.5 Å². The highest BCUT2D eigenvalue weighted by Gasteiger charge is 2.18. The number of allylic oxidation sites excluding steroid dienone is 7. The van der Waals surface area contributed by atoms with Crippen molar-refractivity contribution in [1.82, 2.24) is 5.32 Å². The maximum atomic E-state index is 12.5. The number of aliphatic hydroxyl groups excluding tert-OH is 2. The Hall–Kier alpha value is -2.18. The van der Waals surface area contributed by atoms with Crippen molar-refractivity contribution in [1.29, 1.82) is 0 Å². The molecular weight excluding hydrogens is 875 g/mol. The number of carbonyl (C=O) groups excluding carboxylic acids is 2. The SMILES string of the molecule is CCCCC/C=C\C/C=C\CCCCCCCC(=O)OCCCCCC/C=C\CCCCCCCCCC(=O)NC(CO)C(O)/C=C/CCCCCCCCCCCCCCCCCCCCCCCC. The van der Waals surface area contributed by atoms with Gasteiger partial charge in [0.2, 0.25) is 5.91 Å². The predicted molar refractivity (Wildman–Crippen MR) is 310 cm³/mol. The molecule has 6 nitrogen and oxygen atoms in total. The Morgan fingerprint density at radius 2 is 0.704 bits per heavy atom. The van der Waals surface area contributed by atoms with Crippen LogP contribution in [-0.4, -0.2) is 47.4 Å². The molecule has 0 aliphatic rings. The first-order chi connectivity index (χ1) is 35.0. The second kappa shape index (κ2) is 60.4. The third kappa shape index (κ3) is 57.0. The summed E-state index contributed by atoms with van der Waals surface area (Å²) in [7, 11) is 0. The number of amides is 1. The number of ether oxygens (including phenoxy) is 1. The molecule has 71 heavy (non-hydrogen) atoms. The first-order valence-electron chi connectivity index (χ1n) is 31.4. The number of nitrogens with one attached hydrogen (secondary N) is 1. The van der Waals surface area contributed by atoms with Gasteiger partial charge >= 0.3 is 5.97 Å². The number of hydrogen-bond acceptors (Lipinski definition) is 5. The topological polar surface area (TPSA) is 95.9 Å². The summed E-state index contributed by atoms with van der Waals surface area (Å²) in [5.74, 6) is -0.107. The minimum absolute atomic E-state index is 0.0251. The van der Waals surface area contributed by atoms with Gasteiger partial charge in [-0.2, -0.15) is 0 Å². The van der Waals surface area contributed by atoms with Crippen LogP contribution in [0, 0.1) is 0 Å². The van der Waals surface area contributed by atoms with E-state index >= 15 is 0 Å². The molecule has 0 aliphatic carbocycles. The first kappa shape index (κ1) is 68.8. The van der Waals surface area contributed by atoms with Gasteiger partial charge in [0, 0.05) is 12.8 Å². The molecule has 2 unspecified atom stereocenters. The minimum Gasteiger partial charge on any atom is -0.466 e. The summed E-state index contributed by atoms with van der Waals surface area (Å²) in [5, 5.41) is 23.2. The molecular formula is C65H121NO5. The molecule has 0 aromatic heterocycles. The van der Waals surface area contributed by atoms with Crippen molar-refractivity contribution in [2.75, 3.05) is 13.2 Å². The largest absolute Gasteiger partial charge is 0.466 e. The Balaban J connectivity index is 3.51. The zero-order chi connectivity index (χ0) is 51.4. The number of hydrogen-bond donors (Lipinski definition) is 3. The lowest BCUT2D eigenvalue weighted by Gasteiger charge is -2.20. The second-order valence-corrected chi connectivity index (χ2v) is 21.4. The van der Waals surface area contributed by atoms with Crippen LogP contribution in [0.4, 0.5) is 0 Å². The summed E-state index contributed by atoms with van der Waals surface area (Å²) in [6, 6.07) is -0.642. The van der Waals surface area contributed by atoms with Crippen LogP contribution in [0.1, 0.15) is 328 Å². The highest BCUT2D eigenvalue weighted by atomic mass is 16.5. The van der Waals surface area contributed by atoms with Crippen molar-refractivity contribution >= 4 is 11.9 Å². The van der Waals surface area contributed by atoms with E-state index in [0.717, 1.165) is 83.5 Å². The summed E-state index contributed by atoms with van der Waals surface area (Å²) in [5.41, 5.74) is 0. The molecule has 0 rings (SSSR count). The lowest BCUT2D eigenvalue weighted by Crippen LogP contribution is -2.45. The van der Waals surface area contributed by atoms with Gasteiger partial charge in [-0.25, -0.2) is 0 Å². The standard InChI is InChI=1S/C65H121NO5/c1-3-5-7-9-11-13-15-17-19-20-21-22-23-24-25-26-27-30-33-37-41-45-49-53-57-63(68)62(61-67)66-64(69)58-54-50-46-42-38-34-31-28-32-36-40-44-48-52-56-60-71-65(70)59-55-51-47-43-39-35-29-18-16-14-12-10-8-6-4-2/h12,14,18,29,32,36,53,57,62-63,67-68H,3-11,13,15-17,19-28,30-31,33-35,37-52,54-56,58-61H2,1-2H3,(H,66,69)/b14-12-,29-18-,36-32-,57-53+. The zero-order valence-corrected chi connectivity index (χ0v) is 47.5. The van der Waals surface area contributed by atoms with Crippen molar-refractivity contribution < 1.29 is 24.5 Å². The molecule has 2 atom stereocenters. The fourth-order valence-corrected chi connectivity index (χ4v) is 9.48. The van der Waals surface area contributed by atoms with Crippen LogP contribution in [0.15, 0.2) is 48.6 Å². The monoisotopic (exact) mass is 996 g/mol. The molecule has 0 aromatic carbocycles. The smallest absolute Gasteiger partial charge is 0.305 e. The molecule has 416 valence electrons. The molecule has 0 aliphatic heterocycles. The van der Waals surface area contributed by atoms with Gasteiger partial charge in [0.1, 0.15) is 0 Å². The van der Waals surface area contributed by atoms with Crippen LogP contribution >= 0.6 is 0 Å². The van der Waals surface area contributed by atoms with Gasteiger partial charge < -0.3 is 20.3 Å². The molecule has 0 spiro atoms. The van der Waals surface area contributed by atoms with Gasteiger partial charge in [-0.15, -0.1) is 0 Å². The van der Waals surface area contributed by atoms with Gasteiger partial charge in [0.25, 0.3) is 0 Å². The minimum atomic E-state index is -0.857. The zero-order valence-electron chi connectivity index (χ0n) is 47.5. The van der Waals surface area contributed by atoms with Gasteiger partial charge in [-0.3, -0.25) is 9.59 Å². The van der Waals surface area contributed by atoms with Crippen molar-refractivity contribution in [2.45, 2.75) is 341 Å². The molecule has 0 saturated heterocycles. The Labute approximate surface area is 442 Å². The van der Waals surface area contributed by atoms with Crippen LogP contribution in [-0.2, 0) is 14.3 Å². The normalized spacial score (nSPS) is 12.9. The molecule has 1 amide bonds. The average Bonchev–Trinajstić information content (AvgIpc) is 3.37. The van der Waals surface area contributed by atoms with Gasteiger partial charge in [0.05, 0.1) is 25.4 Å². The van der Waals surface area contributed by atoms with Gasteiger partial charge in [-0.1, -0.05) is 274 Å². The predicted octanol–water partition coefficient (Wildman–Crippen LogP) is 19.7. The van der Waals surface area contributed by atoms with Crippen molar-refractivity contribution in [3.8, 4) is 0 Å². The van der Waals surface area contributed by atoms with Gasteiger partial charge in [-0.05, 0) is 89.9 Å². The quantitative estimate of drug-likeness (QED) is 0.0321.